The van der Waals surface area contributed by atoms with E-state index >= 15 is 0 Å². The molecule has 6 heteroatoms. The van der Waals surface area contributed by atoms with Crippen LogP contribution in [0.1, 0.15) is 24.8 Å². The number of hydrogen-bond acceptors (Lipinski definition) is 2. The quantitative estimate of drug-likeness (QED) is 0.926. The number of carbonyl (C=O) groups is 2. The van der Waals surface area contributed by atoms with Crippen molar-refractivity contribution in [3.63, 3.8) is 0 Å². The molecule has 0 aromatic heterocycles. The number of carbonyl (C=O) groups excluding carboxylic acids is 1. The Morgan fingerprint density at radius 2 is 2.14 bits per heavy atom. The first-order chi connectivity index (χ1) is 10.1. The molecule has 0 saturated heterocycles. The molecular weight excluding hydrogens is 275 g/mol. The van der Waals surface area contributed by atoms with Crippen LogP contribution in [0.5, 0.6) is 0 Å². The fraction of sp³-hybridized carbons (Fsp3) is 0.467. The summed E-state index contributed by atoms with van der Waals surface area (Å²) < 4.78 is 13.4. The van der Waals surface area contributed by atoms with Crippen molar-refractivity contribution in [2.75, 3.05) is 18.0 Å². The Morgan fingerprint density at radius 3 is 2.81 bits per heavy atom. The molecule has 1 aromatic rings. The van der Waals surface area contributed by atoms with Gasteiger partial charge in [0.2, 0.25) is 0 Å². The highest BCUT2D eigenvalue weighted by Gasteiger charge is 2.37. The zero-order chi connectivity index (χ0) is 15.0. The Balaban J connectivity index is 1.78. The zero-order valence-corrected chi connectivity index (χ0v) is 11.6. The molecular formula is C15H17FN2O3. The van der Waals surface area contributed by atoms with Gasteiger partial charge in [0.1, 0.15) is 5.82 Å². The van der Waals surface area contributed by atoms with Crippen LogP contribution in [-0.4, -0.2) is 41.1 Å². The van der Waals surface area contributed by atoms with Gasteiger partial charge in [-0.25, -0.2) is 9.18 Å². The maximum atomic E-state index is 13.4. The number of carboxylic acids is 1. The molecule has 0 spiro atoms. The second kappa shape index (κ2) is 5.35. The van der Waals surface area contributed by atoms with Gasteiger partial charge < -0.3 is 10.0 Å². The molecule has 0 radical (unpaired) electrons. The minimum Gasteiger partial charge on any atom is -0.481 e. The fourth-order valence-corrected chi connectivity index (χ4v) is 2.74. The van der Waals surface area contributed by atoms with E-state index in [0.717, 1.165) is 18.4 Å². The summed E-state index contributed by atoms with van der Waals surface area (Å²) in [6, 6.07) is 4.41. The average Bonchev–Trinajstić information content (AvgIpc) is 3.18. The van der Waals surface area contributed by atoms with Gasteiger partial charge in [0.25, 0.3) is 0 Å². The number of anilines is 1. The second-order valence-electron chi connectivity index (χ2n) is 5.53. The number of nitrogens with zero attached hydrogens (tertiary/aromatic N) is 2. The Hall–Kier alpha value is -2.11. The molecule has 1 saturated carbocycles. The lowest BCUT2D eigenvalue weighted by molar-refractivity contribution is -0.137. The van der Waals surface area contributed by atoms with Gasteiger partial charge in [0.05, 0.1) is 12.1 Å². The molecule has 3 rings (SSSR count). The van der Waals surface area contributed by atoms with E-state index < -0.39 is 5.97 Å². The van der Waals surface area contributed by atoms with Gasteiger partial charge in [-0.1, -0.05) is 6.07 Å². The zero-order valence-electron chi connectivity index (χ0n) is 11.6. The summed E-state index contributed by atoms with van der Waals surface area (Å²) >= 11 is 0. The smallest absolute Gasteiger partial charge is 0.324 e. The largest absolute Gasteiger partial charge is 0.481 e. The van der Waals surface area contributed by atoms with Crippen molar-refractivity contribution in [3.05, 3.63) is 29.6 Å². The highest BCUT2D eigenvalue weighted by atomic mass is 19.1. The summed E-state index contributed by atoms with van der Waals surface area (Å²) in [5, 5.41) is 8.80. The number of aliphatic carboxylic acids is 1. The van der Waals surface area contributed by atoms with Crippen LogP contribution in [0.3, 0.4) is 0 Å². The van der Waals surface area contributed by atoms with Crippen molar-refractivity contribution in [1.82, 2.24) is 4.90 Å². The number of halogens is 1. The molecule has 1 aliphatic heterocycles. The highest BCUT2D eigenvalue weighted by molar-refractivity contribution is 5.94. The van der Waals surface area contributed by atoms with Crippen LogP contribution in [-0.2, 0) is 11.2 Å². The Morgan fingerprint density at radius 1 is 1.38 bits per heavy atom. The van der Waals surface area contributed by atoms with Crippen LogP contribution < -0.4 is 4.90 Å². The molecule has 1 N–H and O–H groups in total. The first-order valence-electron chi connectivity index (χ1n) is 7.14. The first kappa shape index (κ1) is 13.9. The molecule has 21 heavy (non-hydrogen) atoms. The van der Waals surface area contributed by atoms with Crippen LogP contribution in [0, 0.1) is 5.82 Å². The maximum absolute atomic E-state index is 13.4. The predicted molar refractivity (Wildman–Crippen MR) is 74.8 cm³/mol. The average molecular weight is 292 g/mol. The lowest BCUT2D eigenvalue weighted by atomic mass is 10.2. The third-order valence-corrected chi connectivity index (χ3v) is 3.97. The summed E-state index contributed by atoms with van der Waals surface area (Å²) in [6.45, 7) is 0.730. The van der Waals surface area contributed by atoms with E-state index in [2.05, 4.69) is 0 Å². The fourth-order valence-electron chi connectivity index (χ4n) is 2.74. The molecule has 0 atom stereocenters. The molecule has 1 aromatic carbocycles. The van der Waals surface area contributed by atoms with E-state index in [4.69, 9.17) is 5.11 Å². The molecule has 0 bridgehead atoms. The number of amides is 2. The van der Waals surface area contributed by atoms with Crippen molar-refractivity contribution in [1.29, 1.82) is 0 Å². The monoisotopic (exact) mass is 292 g/mol. The molecule has 2 amide bonds. The van der Waals surface area contributed by atoms with Crippen molar-refractivity contribution in [3.8, 4) is 0 Å². The van der Waals surface area contributed by atoms with Gasteiger partial charge in [-0.2, -0.15) is 0 Å². The summed E-state index contributed by atoms with van der Waals surface area (Å²) in [5.74, 6) is -1.28. The van der Waals surface area contributed by atoms with E-state index in [1.54, 1.807) is 15.9 Å². The van der Waals surface area contributed by atoms with Gasteiger partial charge >= 0.3 is 12.0 Å². The van der Waals surface area contributed by atoms with E-state index in [1.807, 2.05) is 0 Å². The normalized spacial score (nSPS) is 16.7. The SMILES string of the molecule is O=C(O)CCN(C(=O)N1CCc2ccc(F)cc21)C1CC1. The molecule has 5 nitrogen and oxygen atoms in total. The molecule has 1 heterocycles. The van der Waals surface area contributed by atoms with Crippen molar-refractivity contribution in [2.45, 2.75) is 31.7 Å². The number of hydrogen-bond donors (Lipinski definition) is 1. The Kier molecular flexibility index (Phi) is 3.53. The van der Waals surface area contributed by atoms with Crippen LogP contribution >= 0.6 is 0 Å². The van der Waals surface area contributed by atoms with Crippen molar-refractivity contribution >= 4 is 17.7 Å². The molecule has 0 unspecified atom stereocenters. The molecule has 112 valence electrons. The minimum absolute atomic E-state index is 0.0634. The van der Waals surface area contributed by atoms with Crippen LogP contribution in [0.4, 0.5) is 14.9 Å². The lowest BCUT2D eigenvalue weighted by Crippen LogP contribution is -2.44. The van der Waals surface area contributed by atoms with E-state index in [1.165, 1.54) is 12.1 Å². The Bertz CT molecular complexity index is 586. The van der Waals surface area contributed by atoms with Gasteiger partial charge in [-0.05, 0) is 37.0 Å². The van der Waals surface area contributed by atoms with Crippen LogP contribution in [0.2, 0.25) is 0 Å². The number of rotatable bonds is 4. The van der Waals surface area contributed by atoms with Gasteiger partial charge in [-0.3, -0.25) is 9.69 Å². The summed E-state index contributed by atoms with van der Waals surface area (Å²) in [6.07, 6.45) is 2.47. The summed E-state index contributed by atoms with van der Waals surface area (Å²) in [5.41, 5.74) is 1.57. The van der Waals surface area contributed by atoms with Crippen LogP contribution in [0.25, 0.3) is 0 Å². The van der Waals surface area contributed by atoms with E-state index in [-0.39, 0.29) is 30.9 Å². The number of fused-ring (bicyclic) bond motifs is 1. The van der Waals surface area contributed by atoms with Crippen LogP contribution in [0.15, 0.2) is 18.2 Å². The van der Waals surface area contributed by atoms with Crippen molar-refractivity contribution in [2.24, 2.45) is 0 Å². The second-order valence-corrected chi connectivity index (χ2v) is 5.53. The molecule has 1 fully saturated rings. The standard InChI is InChI=1S/C15H17FN2O3/c16-11-2-1-10-5-7-18(13(10)9-11)15(21)17(12-3-4-12)8-6-14(19)20/h1-2,9,12H,3-8H2,(H,19,20). The number of benzene rings is 1. The topological polar surface area (TPSA) is 60.9 Å². The van der Waals surface area contributed by atoms with Gasteiger partial charge in [0, 0.05) is 19.1 Å². The highest BCUT2D eigenvalue weighted by Crippen LogP contribution is 2.33. The summed E-state index contributed by atoms with van der Waals surface area (Å²) in [4.78, 5) is 26.6. The number of carboxylic acid groups (broad SMARTS) is 1. The molecule has 1 aliphatic carbocycles. The third-order valence-electron chi connectivity index (χ3n) is 3.97. The minimum atomic E-state index is -0.915. The Labute approximate surface area is 122 Å². The summed E-state index contributed by atoms with van der Waals surface area (Å²) in [7, 11) is 0. The molecule has 2 aliphatic rings. The number of urea groups is 1. The van der Waals surface area contributed by atoms with E-state index in [0.29, 0.717) is 18.7 Å². The predicted octanol–water partition coefficient (Wildman–Crippen LogP) is 2.25. The van der Waals surface area contributed by atoms with E-state index in [9.17, 15) is 14.0 Å². The van der Waals surface area contributed by atoms with Gasteiger partial charge in [-0.15, -0.1) is 0 Å². The lowest BCUT2D eigenvalue weighted by Gasteiger charge is -2.28. The first-order valence-corrected chi connectivity index (χ1v) is 7.14. The third kappa shape index (κ3) is 2.84. The maximum Gasteiger partial charge on any atom is 0.324 e. The van der Waals surface area contributed by atoms with Crippen molar-refractivity contribution < 1.29 is 19.1 Å². The van der Waals surface area contributed by atoms with Gasteiger partial charge in [0.15, 0.2) is 0 Å².